The second kappa shape index (κ2) is 5.85. The molecule has 2 unspecified atom stereocenters. The van der Waals surface area contributed by atoms with E-state index in [1.54, 1.807) is 15.9 Å². The van der Waals surface area contributed by atoms with Crippen molar-refractivity contribution < 1.29 is 14.3 Å². The molecule has 0 aliphatic carbocycles. The first-order chi connectivity index (χ1) is 11.3. The number of anilines is 1. The number of likely N-dealkylation sites (tertiary alicyclic amines) is 1. The highest BCUT2D eigenvalue weighted by atomic mass is 16.6. The maximum absolute atomic E-state index is 12.6. The van der Waals surface area contributed by atoms with E-state index in [1.165, 1.54) is 12.3 Å². The van der Waals surface area contributed by atoms with Crippen LogP contribution in [0.25, 0.3) is 0 Å². The number of carbonyl (C=O) groups is 2. The van der Waals surface area contributed by atoms with Crippen LogP contribution in [0.1, 0.15) is 20.8 Å². The molecule has 2 aliphatic rings. The fraction of sp³-hybridized carbons (Fsp3) is 0.562. The Bertz CT molecular complexity index is 668. The van der Waals surface area contributed by atoms with E-state index in [9.17, 15) is 14.5 Å². The predicted octanol–water partition coefficient (Wildman–Crippen LogP) is 2.31. The lowest BCUT2D eigenvalue weighted by molar-refractivity contribution is -0.120. The number of hydrogen-bond acceptors (Lipinski definition) is 6. The van der Waals surface area contributed by atoms with Crippen LogP contribution in [0.3, 0.4) is 0 Å². The number of fused-ring (bicyclic) bond motifs is 1. The summed E-state index contributed by atoms with van der Waals surface area (Å²) in [4.78, 5) is 42.4. The van der Waals surface area contributed by atoms with Gasteiger partial charge < -0.3 is 14.5 Å². The van der Waals surface area contributed by atoms with E-state index in [2.05, 4.69) is 10.2 Å². The topological polar surface area (TPSA) is 92.2 Å². The summed E-state index contributed by atoms with van der Waals surface area (Å²) in [6.07, 6.45) is 1.10. The summed E-state index contributed by atoms with van der Waals surface area (Å²) in [5, 5.41) is 2.75. The summed E-state index contributed by atoms with van der Waals surface area (Å²) in [6, 6.07) is 3.14. The maximum atomic E-state index is 12.6. The molecule has 0 aromatic carbocycles. The molecule has 128 valence electrons. The molecule has 0 spiro atoms. The van der Waals surface area contributed by atoms with E-state index >= 15 is 0 Å². The summed E-state index contributed by atoms with van der Waals surface area (Å²) in [6.45, 7) is 6.86. The molecule has 3 heterocycles. The first-order valence-corrected chi connectivity index (χ1v) is 7.87. The zero-order valence-electron chi connectivity index (χ0n) is 13.9. The van der Waals surface area contributed by atoms with E-state index in [4.69, 9.17) is 4.74 Å². The molecular weight excluding hydrogens is 312 g/mol. The van der Waals surface area contributed by atoms with Gasteiger partial charge in [-0.2, -0.15) is 0 Å². The zero-order chi connectivity index (χ0) is 17.5. The highest BCUT2D eigenvalue weighted by Crippen LogP contribution is 2.35. The number of carbonyl (C=O) groups excluding carboxylic acids is 2. The molecule has 8 heteroatoms. The van der Waals surface area contributed by atoms with Crippen molar-refractivity contribution in [3.8, 4) is 0 Å². The van der Waals surface area contributed by atoms with Gasteiger partial charge in [0.1, 0.15) is 5.60 Å². The number of nitroso groups, excluding NO2 is 1. The summed E-state index contributed by atoms with van der Waals surface area (Å²) < 4.78 is 5.37. The van der Waals surface area contributed by atoms with Gasteiger partial charge in [0.25, 0.3) is 0 Å². The van der Waals surface area contributed by atoms with Crippen LogP contribution in [0, 0.1) is 16.7 Å². The highest BCUT2D eigenvalue weighted by Gasteiger charge is 2.48. The quantitative estimate of drug-likeness (QED) is 0.775. The first kappa shape index (κ1) is 16.4. The van der Waals surface area contributed by atoms with Crippen molar-refractivity contribution in [3.63, 3.8) is 0 Å². The molecule has 2 fully saturated rings. The minimum Gasteiger partial charge on any atom is -0.444 e. The van der Waals surface area contributed by atoms with Crippen molar-refractivity contribution in [2.24, 2.45) is 17.0 Å². The van der Waals surface area contributed by atoms with Gasteiger partial charge in [-0.3, -0.25) is 4.79 Å². The van der Waals surface area contributed by atoms with E-state index in [0.717, 1.165) is 0 Å². The van der Waals surface area contributed by atoms with Gasteiger partial charge in [0.05, 0.1) is 17.8 Å². The second-order valence-electron chi connectivity index (χ2n) is 7.17. The van der Waals surface area contributed by atoms with Gasteiger partial charge >= 0.3 is 6.09 Å². The SMILES string of the molecule is CC(C)(C)OC(=O)N1CC2CN(c3ccc(N=O)nc3)C(=O)C2C1. The van der Waals surface area contributed by atoms with E-state index in [1.807, 2.05) is 20.8 Å². The summed E-state index contributed by atoms with van der Waals surface area (Å²) in [5.74, 6) is -0.0864. The lowest BCUT2D eigenvalue weighted by Crippen LogP contribution is -2.38. The van der Waals surface area contributed by atoms with Crippen LogP contribution in [-0.2, 0) is 9.53 Å². The molecule has 2 amide bonds. The standard InChI is InChI=1S/C16H20N4O4/c1-16(2,3)24-15(22)19-7-10-8-20(14(21)12(10)9-19)11-4-5-13(18-23)17-6-11/h4-6,10,12H,7-9H2,1-3H3. The zero-order valence-corrected chi connectivity index (χ0v) is 13.9. The van der Waals surface area contributed by atoms with Crippen molar-refractivity contribution in [3.05, 3.63) is 23.2 Å². The first-order valence-electron chi connectivity index (χ1n) is 7.87. The highest BCUT2D eigenvalue weighted by molar-refractivity contribution is 5.98. The van der Waals surface area contributed by atoms with E-state index < -0.39 is 5.60 Å². The minimum atomic E-state index is -0.551. The smallest absolute Gasteiger partial charge is 0.410 e. The number of hydrogen-bond donors (Lipinski definition) is 0. The molecule has 1 aromatic heterocycles. The third-order valence-electron chi connectivity index (χ3n) is 4.23. The van der Waals surface area contributed by atoms with Crippen LogP contribution in [-0.4, -0.2) is 47.1 Å². The number of aromatic nitrogens is 1. The fourth-order valence-electron chi connectivity index (χ4n) is 3.16. The summed E-state index contributed by atoms with van der Waals surface area (Å²) in [5.41, 5.74) is 0.0934. The third-order valence-corrected chi connectivity index (χ3v) is 4.23. The van der Waals surface area contributed by atoms with Crippen molar-refractivity contribution in [1.29, 1.82) is 0 Å². The van der Waals surface area contributed by atoms with E-state index in [-0.39, 0.29) is 29.7 Å². The third kappa shape index (κ3) is 3.08. The number of pyridine rings is 1. The molecule has 2 atom stereocenters. The maximum Gasteiger partial charge on any atom is 0.410 e. The van der Waals surface area contributed by atoms with Crippen LogP contribution in [0.2, 0.25) is 0 Å². The van der Waals surface area contributed by atoms with Crippen molar-refractivity contribution >= 4 is 23.5 Å². The Morgan fingerprint density at radius 3 is 2.58 bits per heavy atom. The summed E-state index contributed by atoms with van der Waals surface area (Å²) >= 11 is 0. The van der Waals surface area contributed by atoms with Gasteiger partial charge in [-0.15, -0.1) is 4.91 Å². The van der Waals surface area contributed by atoms with Crippen LogP contribution in [0.4, 0.5) is 16.3 Å². The van der Waals surface area contributed by atoms with Gasteiger partial charge in [0.15, 0.2) is 5.82 Å². The van der Waals surface area contributed by atoms with Gasteiger partial charge in [0.2, 0.25) is 5.91 Å². The van der Waals surface area contributed by atoms with Crippen LogP contribution < -0.4 is 4.90 Å². The molecule has 2 saturated heterocycles. The molecular formula is C16H20N4O4. The van der Waals surface area contributed by atoms with Crippen molar-refractivity contribution in [2.45, 2.75) is 26.4 Å². The predicted molar refractivity (Wildman–Crippen MR) is 86.8 cm³/mol. The van der Waals surface area contributed by atoms with Gasteiger partial charge in [-0.25, -0.2) is 9.78 Å². The molecule has 0 saturated carbocycles. The monoisotopic (exact) mass is 332 g/mol. The van der Waals surface area contributed by atoms with E-state index in [0.29, 0.717) is 25.3 Å². The Kier molecular flexibility index (Phi) is 3.98. The number of nitrogens with zero attached hydrogens (tertiary/aromatic N) is 4. The Morgan fingerprint density at radius 1 is 1.29 bits per heavy atom. The second-order valence-corrected chi connectivity index (χ2v) is 7.17. The number of ether oxygens (including phenoxy) is 1. The molecule has 8 nitrogen and oxygen atoms in total. The van der Waals surface area contributed by atoms with Crippen molar-refractivity contribution in [1.82, 2.24) is 9.88 Å². The normalized spacial score (nSPS) is 23.4. The molecule has 2 aliphatic heterocycles. The van der Waals surface area contributed by atoms with Crippen LogP contribution >= 0.6 is 0 Å². The molecule has 0 N–H and O–H groups in total. The van der Waals surface area contributed by atoms with Crippen molar-refractivity contribution in [2.75, 3.05) is 24.5 Å². The Morgan fingerprint density at radius 2 is 2.04 bits per heavy atom. The lowest BCUT2D eigenvalue weighted by atomic mass is 10.0. The molecule has 0 radical (unpaired) electrons. The van der Waals surface area contributed by atoms with Gasteiger partial charge in [0, 0.05) is 25.6 Å². The van der Waals surface area contributed by atoms with Crippen LogP contribution in [0.15, 0.2) is 23.5 Å². The van der Waals surface area contributed by atoms with Gasteiger partial charge in [-0.1, -0.05) is 0 Å². The average Bonchev–Trinajstić information content (AvgIpc) is 3.06. The summed E-state index contributed by atoms with van der Waals surface area (Å²) in [7, 11) is 0. The molecule has 3 rings (SSSR count). The number of rotatable bonds is 2. The molecule has 1 aromatic rings. The minimum absolute atomic E-state index is 0.0281. The van der Waals surface area contributed by atoms with Gasteiger partial charge in [-0.05, 0) is 38.1 Å². The molecule has 24 heavy (non-hydrogen) atoms. The Labute approximate surface area is 139 Å². The molecule has 0 bridgehead atoms. The average molecular weight is 332 g/mol. The Hall–Kier alpha value is -2.51. The largest absolute Gasteiger partial charge is 0.444 e. The van der Waals surface area contributed by atoms with Crippen LogP contribution in [0.5, 0.6) is 0 Å². The fourth-order valence-corrected chi connectivity index (χ4v) is 3.16. The number of amides is 2. The lowest BCUT2D eigenvalue weighted by Gasteiger charge is -2.26. The Balaban J connectivity index is 1.67.